The number of hydrogen-bond acceptors (Lipinski definition) is 4. The minimum absolute atomic E-state index is 0.00203. The molecule has 0 bridgehead atoms. The molecule has 140 valence electrons. The van der Waals surface area contributed by atoms with Gasteiger partial charge in [-0.3, -0.25) is 4.79 Å². The van der Waals surface area contributed by atoms with Crippen LogP contribution in [-0.2, 0) is 21.2 Å². The highest BCUT2D eigenvalue weighted by atomic mass is 32.2. The van der Waals surface area contributed by atoms with Crippen molar-refractivity contribution in [2.24, 2.45) is 11.7 Å². The number of nitrogens with two attached hydrogens (primary N) is 1. The third-order valence-corrected chi connectivity index (χ3v) is 6.76. The monoisotopic (exact) mass is 367 g/mol. The van der Waals surface area contributed by atoms with E-state index in [2.05, 4.69) is 5.32 Å². The molecule has 1 aliphatic rings. The van der Waals surface area contributed by atoms with Gasteiger partial charge in [-0.2, -0.15) is 4.31 Å². The summed E-state index contributed by atoms with van der Waals surface area (Å²) in [6.07, 6.45) is 3.25. The Hall–Kier alpha value is -1.44. The van der Waals surface area contributed by atoms with E-state index in [4.69, 9.17) is 5.73 Å². The van der Waals surface area contributed by atoms with Crippen LogP contribution in [0.5, 0.6) is 0 Å². The van der Waals surface area contributed by atoms with Crippen LogP contribution in [0.25, 0.3) is 0 Å². The number of carbonyl (C=O) groups excluding carboxylic acids is 1. The summed E-state index contributed by atoms with van der Waals surface area (Å²) in [6.45, 7) is 5.02. The van der Waals surface area contributed by atoms with Gasteiger partial charge in [-0.05, 0) is 42.9 Å². The third kappa shape index (κ3) is 5.26. The molecule has 0 aromatic heterocycles. The maximum atomic E-state index is 12.4. The largest absolute Gasteiger partial charge is 0.352 e. The zero-order valence-electron chi connectivity index (χ0n) is 15.1. The van der Waals surface area contributed by atoms with Crippen molar-refractivity contribution in [3.63, 3.8) is 0 Å². The molecule has 1 aromatic rings. The van der Waals surface area contributed by atoms with Gasteiger partial charge in [0.15, 0.2) is 0 Å². The van der Waals surface area contributed by atoms with Crippen molar-refractivity contribution in [2.45, 2.75) is 50.5 Å². The van der Waals surface area contributed by atoms with Crippen molar-refractivity contribution in [3.8, 4) is 0 Å². The summed E-state index contributed by atoms with van der Waals surface area (Å²) < 4.78 is 26.3. The molecule has 1 amide bonds. The van der Waals surface area contributed by atoms with Gasteiger partial charge in [0.1, 0.15) is 0 Å². The number of hydrogen-bond donors (Lipinski definition) is 2. The number of aryl methyl sites for hydroxylation is 1. The van der Waals surface area contributed by atoms with Crippen molar-refractivity contribution >= 4 is 15.9 Å². The average molecular weight is 368 g/mol. The summed E-state index contributed by atoms with van der Waals surface area (Å²) in [5.74, 6) is 0.542. The minimum atomic E-state index is -3.43. The maximum absolute atomic E-state index is 12.4. The topological polar surface area (TPSA) is 92.5 Å². The number of benzene rings is 1. The highest BCUT2D eigenvalue weighted by Crippen LogP contribution is 2.32. The average Bonchev–Trinajstić information content (AvgIpc) is 3.44. The Kier molecular flexibility index (Phi) is 6.98. The molecule has 0 saturated heterocycles. The Morgan fingerprint density at radius 3 is 2.32 bits per heavy atom. The van der Waals surface area contributed by atoms with Gasteiger partial charge in [-0.15, -0.1) is 0 Å². The third-order valence-electron chi connectivity index (χ3n) is 4.70. The number of carbonyl (C=O) groups is 1. The van der Waals surface area contributed by atoms with E-state index < -0.39 is 10.0 Å². The van der Waals surface area contributed by atoms with E-state index in [0.717, 1.165) is 18.4 Å². The van der Waals surface area contributed by atoms with Crippen LogP contribution < -0.4 is 11.1 Å². The van der Waals surface area contributed by atoms with Gasteiger partial charge in [0.05, 0.1) is 4.90 Å². The van der Waals surface area contributed by atoms with Gasteiger partial charge in [-0.1, -0.05) is 26.0 Å². The Morgan fingerprint density at radius 2 is 1.84 bits per heavy atom. The first kappa shape index (κ1) is 19.9. The van der Waals surface area contributed by atoms with E-state index in [1.54, 1.807) is 24.3 Å². The van der Waals surface area contributed by atoms with Gasteiger partial charge in [-0.25, -0.2) is 8.42 Å². The smallest absolute Gasteiger partial charge is 0.243 e. The lowest BCUT2D eigenvalue weighted by atomic mass is 10.1. The number of nitrogens with zero attached hydrogens (tertiary/aromatic N) is 1. The summed E-state index contributed by atoms with van der Waals surface area (Å²) in [5.41, 5.74) is 6.65. The number of rotatable bonds is 10. The minimum Gasteiger partial charge on any atom is -0.352 e. The molecular weight excluding hydrogens is 338 g/mol. The summed E-state index contributed by atoms with van der Waals surface area (Å²) in [4.78, 5) is 12.3. The fraction of sp³-hybridized carbons (Fsp3) is 0.611. The molecule has 1 fully saturated rings. The SMILES string of the molecule is CCN(CC)S(=O)(=O)c1ccc(CCC(=O)NC(CN)C2CC2)cc1. The van der Waals surface area contributed by atoms with Crippen molar-refractivity contribution in [2.75, 3.05) is 19.6 Å². The molecule has 7 heteroatoms. The number of sulfonamides is 1. The zero-order valence-corrected chi connectivity index (χ0v) is 15.9. The lowest BCUT2D eigenvalue weighted by Crippen LogP contribution is -2.41. The Labute approximate surface area is 150 Å². The lowest BCUT2D eigenvalue weighted by Gasteiger charge is -2.18. The second-order valence-corrected chi connectivity index (χ2v) is 8.42. The molecule has 1 aromatic carbocycles. The maximum Gasteiger partial charge on any atom is 0.243 e. The summed E-state index contributed by atoms with van der Waals surface area (Å²) in [7, 11) is -3.43. The van der Waals surface area contributed by atoms with E-state index in [9.17, 15) is 13.2 Å². The van der Waals surface area contributed by atoms with Crippen LogP contribution in [-0.4, -0.2) is 44.3 Å². The highest BCUT2D eigenvalue weighted by Gasteiger charge is 2.31. The van der Waals surface area contributed by atoms with Crippen molar-refractivity contribution in [1.29, 1.82) is 0 Å². The summed E-state index contributed by atoms with van der Waals surface area (Å²) in [6, 6.07) is 6.89. The molecule has 1 atom stereocenters. The van der Waals surface area contributed by atoms with Crippen LogP contribution in [0, 0.1) is 5.92 Å². The molecular formula is C18H29N3O3S. The predicted octanol–water partition coefficient (Wildman–Crippen LogP) is 1.50. The normalized spacial score (nSPS) is 16.0. The van der Waals surface area contributed by atoms with Crippen LogP contribution in [0.3, 0.4) is 0 Å². The molecule has 6 nitrogen and oxygen atoms in total. The number of amides is 1. The second kappa shape index (κ2) is 8.78. The predicted molar refractivity (Wildman–Crippen MR) is 98.6 cm³/mol. The first-order valence-electron chi connectivity index (χ1n) is 9.00. The van der Waals surface area contributed by atoms with Gasteiger partial charge in [0.25, 0.3) is 0 Å². The fourth-order valence-electron chi connectivity index (χ4n) is 2.95. The van der Waals surface area contributed by atoms with Crippen molar-refractivity contribution < 1.29 is 13.2 Å². The summed E-state index contributed by atoms with van der Waals surface area (Å²) in [5, 5.41) is 3.00. The van der Waals surface area contributed by atoms with E-state index in [0.29, 0.717) is 43.3 Å². The van der Waals surface area contributed by atoms with E-state index in [1.165, 1.54) is 4.31 Å². The van der Waals surface area contributed by atoms with Gasteiger partial charge in [0, 0.05) is 32.1 Å². The van der Waals surface area contributed by atoms with Crippen LogP contribution >= 0.6 is 0 Å². The lowest BCUT2D eigenvalue weighted by molar-refractivity contribution is -0.121. The molecule has 0 spiro atoms. The molecule has 0 radical (unpaired) electrons. The Bertz CT molecular complexity index is 665. The molecule has 2 rings (SSSR count). The molecule has 1 aliphatic carbocycles. The quantitative estimate of drug-likeness (QED) is 0.655. The highest BCUT2D eigenvalue weighted by molar-refractivity contribution is 7.89. The van der Waals surface area contributed by atoms with Crippen LogP contribution in [0.15, 0.2) is 29.2 Å². The van der Waals surface area contributed by atoms with Crippen LogP contribution in [0.4, 0.5) is 0 Å². The first-order valence-corrected chi connectivity index (χ1v) is 10.4. The van der Waals surface area contributed by atoms with Crippen LogP contribution in [0.1, 0.15) is 38.7 Å². The van der Waals surface area contributed by atoms with Crippen molar-refractivity contribution in [1.82, 2.24) is 9.62 Å². The Balaban J connectivity index is 1.90. The van der Waals surface area contributed by atoms with Gasteiger partial charge < -0.3 is 11.1 Å². The zero-order chi connectivity index (χ0) is 18.4. The van der Waals surface area contributed by atoms with Crippen molar-refractivity contribution in [3.05, 3.63) is 29.8 Å². The van der Waals surface area contributed by atoms with E-state index in [1.807, 2.05) is 13.8 Å². The molecule has 1 unspecified atom stereocenters. The summed E-state index contributed by atoms with van der Waals surface area (Å²) >= 11 is 0. The second-order valence-electron chi connectivity index (χ2n) is 6.48. The van der Waals surface area contributed by atoms with Gasteiger partial charge >= 0.3 is 0 Å². The van der Waals surface area contributed by atoms with E-state index in [-0.39, 0.29) is 11.9 Å². The standard InChI is InChI=1S/C18H29N3O3S/c1-3-21(4-2)25(23,24)16-10-5-14(6-11-16)7-12-18(22)20-17(13-19)15-8-9-15/h5-6,10-11,15,17H,3-4,7-9,12-13,19H2,1-2H3,(H,20,22). The van der Waals surface area contributed by atoms with Crippen LogP contribution in [0.2, 0.25) is 0 Å². The van der Waals surface area contributed by atoms with E-state index >= 15 is 0 Å². The molecule has 25 heavy (non-hydrogen) atoms. The Morgan fingerprint density at radius 1 is 1.24 bits per heavy atom. The molecule has 0 aliphatic heterocycles. The first-order chi connectivity index (χ1) is 11.9. The molecule has 1 saturated carbocycles. The van der Waals surface area contributed by atoms with Gasteiger partial charge in [0.2, 0.25) is 15.9 Å². The number of nitrogens with one attached hydrogen (secondary N) is 1. The molecule has 3 N–H and O–H groups in total. The molecule has 0 heterocycles. The fourth-order valence-corrected chi connectivity index (χ4v) is 4.40.